The van der Waals surface area contributed by atoms with Crippen molar-refractivity contribution in [3.8, 4) is 0 Å². The molecule has 0 saturated carbocycles. The van der Waals surface area contributed by atoms with Gasteiger partial charge in [-0.1, -0.05) is 0 Å². The Morgan fingerprint density at radius 1 is 1.54 bits per heavy atom. The van der Waals surface area contributed by atoms with Crippen LogP contribution in [0.1, 0.15) is 19.4 Å². The van der Waals surface area contributed by atoms with Gasteiger partial charge in [0.1, 0.15) is 12.2 Å². The molecule has 2 amide bonds. The van der Waals surface area contributed by atoms with Gasteiger partial charge in [0.25, 0.3) is 5.69 Å². The Kier molecular flexibility index (Phi) is 5.16. The molecule has 1 heterocycles. The van der Waals surface area contributed by atoms with Crippen LogP contribution in [0, 0.1) is 13.7 Å². The number of nitrogens with two attached hydrogens (primary N) is 1. The number of cyclic esters (lactones) is 1. The Hall–Kier alpha value is -2.11. The number of hydrogen-bond donors (Lipinski definition) is 1. The van der Waals surface area contributed by atoms with E-state index in [9.17, 15) is 19.7 Å². The highest BCUT2D eigenvalue weighted by atomic mass is 127. The van der Waals surface area contributed by atoms with Crippen molar-refractivity contribution in [2.24, 2.45) is 5.73 Å². The second-order valence-corrected chi connectivity index (χ2v) is 6.98. The average Bonchev–Trinajstić information content (AvgIpc) is 2.84. The van der Waals surface area contributed by atoms with Crippen molar-refractivity contribution in [3.05, 3.63) is 31.4 Å². The fraction of sp³-hybridized carbons (Fsp3) is 0.429. The number of benzene rings is 1. The Labute approximate surface area is 151 Å². The molecule has 0 unspecified atom stereocenters. The summed E-state index contributed by atoms with van der Waals surface area (Å²) in [5.74, 6) is 0. The molecular formula is C14H16IN3O6. The van der Waals surface area contributed by atoms with Crippen molar-refractivity contribution in [3.63, 3.8) is 0 Å². The van der Waals surface area contributed by atoms with E-state index in [4.69, 9.17) is 15.2 Å². The first-order valence-corrected chi connectivity index (χ1v) is 8.08. The molecule has 1 aromatic carbocycles. The fourth-order valence-corrected chi connectivity index (χ4v) is 3.23. The maximum absolute atomic E-state index is 11.8. The number of hydrogen-bond acceptors (Lipinski definition) is 6. The minimum atomic E-state index is -1.04. The summed E-state index contributed by atoms with van der Waals surface area (Å²) in [5.41, 5.74) is 4.74. The number of amides is 2. The second-order valence-electron chi connectivity index (χ2n) is 5.81. The predicted molar refractivity (Wildman–Crippen MR) is 93.0 cm³/mol. The van der Waals surface area contributed by atoms with Gasteiger partial charge in [-0.15, -0.1) is 0 Å². The normalized spacial score (nSPS) is 14.5. The molecule has 0 aliphatic carbocycles. The molecule has 0 bridgehead atoms. The lowest BCUT2D eigenvalue weighted by molar-refractivity contribution is -0.385. The molecule has 0 spiro atoms. The summed E-state index contributed by atoms with van der Waals surface area (Å²) >= 11 is 1.93. The second kappa shape index (κ2) is 6.79. The molecule has 2 N–H and O–H groups in total. The smallest absolute Gasteiger partial charge is 0.414 e. The van der Waals surface area contributed by atoms with Gasteiger partial charge >= 0.3 is 12.2 Å². The van der Waals surface area contributed by atoms with Crippen molar-refractivity contribution in [1.29, 1.82) is 0 Å². The minimum absolute atomic E-state index is 0.0685. The molecule has 1 aliphatic rings. The monoisotopic (exact) mass is 449 g/mol. The third-order valence-electron chi connectivity index (χ3n) is 3.39. The number of carbonyl (C=O) groups is 2. The van der Waals surface area contributed by atoms with E-state index in [0.29, 0.717) is 21.4 Å². The molecule has 2 rings (SSSR count). The first-order valence-electron chi connectivity index (χ1n) is 7.00. The van der Waals surface area contributed by atoms with Crippen LogP contribution in [-0.4, -0.2) is 35.9 Å². The molecule has 24 heavy (non-hydrogen) atoms. The third-order valence-corrected chi connectivity index (χ3v) is 4.25. The molecule has 0 aromatic heterocycles. The maximum atomic E-state index is 11.8. The van der Waals surface area contributed by atoms with Crippen LogP contribution in [0.5, 0.6) is 0 Å². The minimum Gasteiger partial charge on any atom is -0.447 e. The molecule has 0 radical (unpaired) electrons. The van der Waals surface area contributed by atoms with Crippen LogP contribution in [0.3, 0.4) is 0 Å². The molecule has 0 atom stereocenters. The van der Waals surface area contributed by atoms with Gasteiger partial charge in [0, 0.05) is 21.6 Å². The van der Waals surface area contributed by atoms with Crippen LogP contribution >= 0.6 is 22.6 Å². The van der Waals surface area contributed by atoms with Crippen molar-refractivity contribution in [2.45, 2.75) is 25.9 Å². The highest BCUT2D eigenvalue weighted by Crippen LogP contribution is 2.34. The maximum Gasteiger partial charge on any atom is 0.414 e. The van der Waals surface area contributed by atoms with E-state index in [1.54, 1.807) is 19.9 Å². The van der Waals surface area contributed by atoms with Crippen LogP contribution in [-0.2, 0) is 15.9 Å². The average molecular weight is 449 g/mol. The highest BCUT2D eigenvalue weighted by Gasteiger charge is 2.31. The van der Waals surface area contributed by atoms with Crippen molar-refractivity contribution < 1.29 is 24.0 Å². The predicted octanol–water partition coefficient (Wildman–Crippen LogP) is 2.57. The largest absolute Gasteiger partial charge is 0.447 e. The zero-order chi connectivity index (χ0) is 18.1. The van der Waals surface area contributed by atoms with Crippen LogP contribution in [0.25, 0.3) is 0 Å². The Bertz CT molecular complexity index is 706. The summed E-state index contributed by atoms with van der Waals surface area (Å²) in [6.45, 7) is 3.83. The Morgan fingerprint density at radius 2 is 2.21 bits per heavy atom. The van der Waals surface area contributed by atoms with Gasteiger partial charge in [0.05, 0.1) is 17.2 Å². The van der Waals surface area contributed by atoms with Crippen molar-refractivity contribution in [2.75, 3.05) is 18.1 Å². The lowest BCUT2D eigenvalue weighted by Crippen LogP contribution is -2.33. The van der Waals surface area contributed by atoms with Crippen LogP contribution < -0.4 is 10.6 Å². The number of nitro benzene ring substituents is 1. The van der Waals surface area contributed by atoms with Crippen LogP contribution in [0.2, 0.25) is 0 Å². The number of rotatable bonds is 5. The topological polar surface area (TPSA) is 125 Å². The van der Waals surface area contributed by atoms with E-state index < -0.39 is 22.7 Å². The summed E-state index contributed by atoms with van der Waals surface area (Å²) < 4.78 is 10.5. The van der Waals surface area contributed by atoms with Gasteiger partial charge in [0.2, 0.25) is 0 Å². The number of ether oxygens (including phenoxy) is 2. The van der Waals surface area contributed by atoms with Gasteiger partial charge in [-0.2, -0.15) is 0 Å². The summed E-state index contributed by atoms with van der Waals surface area (Å²) in [5, 5.41) is 11.3. The molecule has 1 aliphatic heterocycles. The van der Waals surface area contributed by atoms with E-state index in [2.05, 4.69) is 0 Å². The summed E-state index contributed by atoms with van der Waals surface area (Å²) in [6, 6.07) is 2.94. The molecule has 10 heteroatoms. The lowest BCUT2D eigenvalue weighted by atomic mass is 9.96. The number of halogens is 1. The molecule has 1 fully saturated rings. The summed E-state index contributed by atoms with van der Waals surface area (Å²) in [7, 11) is 0. The zero-order valence-electron chi connectivity index (χ0n) is 13.1. The Balaban J connectivity index is 2.45. The van der Waals surface area contributed by atoms with E-state index in [1.165, 1.54) is 11.0 Å². The number of nitro groups is 1. The zero-order valence-corrected chi connectivity index (χ0v) is 15.2. The summed E-state index contributed by atoms with van der Waals surface area (Å²) in [6.07, 6.45) is -1.39. The SMILES string of the molecule is CC(C)(Cc1cc(N2CCOC2=O)c(I)cc1[N+](=O)[O-])OC(N)=O. The number of primary amides is 1. The van der Waals surface area contributed by atoms with E-state index in [1.807, 2.05) is 22.6 Å². The molecular weight excluding hydrogens is 433 g/mol. The first kappa shape index (κ1) is 18.2. The quantitative estimate of drug-likeness (QED) is 0.419. The van der Waals surface area contributed by atoms with E-state index in [-0.39, 0.29) is 18.7 Å². The van der Waals surface area contributed by atoms with Gasteiger partial charge in [0.15, 0.2) is 0 Å². The van der Waals surface area contributed by atoms with Crippen LogP contribution in [0.15, 0.2) is 12.1 Å². The number of nitrogens with zero attached hydrogens (tertiary/aromatic N) is 2. The van der Waals surface area contributed by atoms with E-state index in [0.717, 1.165) is 0 Å². The molecule has 1 aromatic rings. The van der Waals surface area contributed by atoms with Crippen LogP contribution in [0.4, 0.5) is 21.0 Å². The fourth-order valence-electron chi connectivity index (χ4n) is 2.49. The molecule has 9 nitrogen and oxygen atoms in total. The molecule has 130 valence electrons. The van der Waals surface area contributed by atoms with E-state index >= 15 is 0 Å². The van der Waals surface area contributed by atoms with Crippen molar-refractivity contribution in [1.82, 2.24) is 0 Å². The van der Waals surface area contributed by atoms with Crippen molar-refractivity contribution >= 4 is 46.2 Å². The first-order chi connectivity index (χ1) is 11.1. The third kappa shape index (κ3) is 4.04. The van der Waals surface area contributed by atoms with Gasteiger partial charge < -0.3 is 15.2 Å². The van der Waals surface area contributed by atoms with Gasteiger partial charge in [-0.25, -0.2) is 9.59 Å². The highest BCUT2D eigenvalue weighted by molar-refractivity contribution is 14.1. The Morgan fingerprint density at radius 3 is 2.71 bits per heavy atom. The number of carbonyl (C=O) groups excluding carboxylic acids is 2. The van der Waals surface area contributed by atoms with Gasteiger partial charge in [-0.05, 0) is 42.5 Å². The standard InChI is InChI=1S/C14H16IN3O6/c1-14(2,24-12(16)19)7-8-5-11(17-3-4-23-13(17)20)9(15)6-10(8)18(21)22/h5-6H,3-4,7H2,1-2H3,(H2,16,19). The summed E-state index contributed by atoms with van der Waals surface area (Å²) in [4.78, 5) is 35.0. The lowest BCUT2D eigenvalue weighted by Gasteiger charge is -2.25. The molecule has 1 saturated heterocycles. The van der Waals surface area contributed by atoms with Gasteiger partial charge in [-0.3, -0.25) is 15.0 Å². The number of anilines is 1.